The molecule has 2 rings (SSSR count). The average molecular weight is 265 g/mol. The summed E-state index contributed by atoms with van der Waals surface area (Å²) in [7, 11) is 1.30. The van der Waals surface area contributed by atoms with Crippen molar-refractivity contribution in [3.63, 3.8) is 0 Å². The Kier molecular flexibility index (Phi) is 4.57. The van der Waals surface area contributed by atoms with Crippen molar-refractivity contribution in [3.8, 4) is 0 Å². The van der Waals surface area contributed by atoms with E-state index < -0.39 is 5.97 Å². The molecule has 2 N–H and O–H groups in total. The molecule has 0 atom stereocenters. The summed E-state index contributed by atoms with van der Waals surface area (Å²) in [5, 5.41) is 5.86. The van der Waals surface area contributed by atoms with Gasteiger partial charge in [0.2, 0.25) is 0 Å². The Morgan fingerprint density at radius 2 is 2.21 bits per heavy atom. The molecule has 19 heavy (non-hydrogen) atoms. The highest BCUT2D eigenvalue weighted by Gasteiger charge is 2.20. The molecule has 1 fully saturated rings. The van der Waals surface area contributed by atoms with Gasteiger partial charge in [0.05, 0.1) is 7.11 Å². The lowest BCUT2D eigenvalue weighted by Crippen LogP contribution is -2.34. The van der Waals surface area contributed by atoms with Crippen LogP contribution in [0.15, 0.2) is 18.3 Å². The number of ether oxygens (including phenoxy) is 1. The molecule has 1 aromatic rings. The number of rotatable bonds is 4. The molecule has 0 aliphatic carbocycles. The summed E-state index contributed by atoms with van der Waals surface area (Å²) in [4.78, 5) is 23.1. The Bertz CT molecular complexity index is 450. The van der Waals surface area contributed by atoms with Crippen LogP contribution in [0.4, 0.5) is 0 Å². The van der Waals surface area contributed by atoms with E-state index in [0.29, 0.717) is 11.7 Å². The van der Waals surface area contributed by atoms with Gasteiger partial charge in [-0.1, -0.05) is 0 Å². The predicted molar refractivity (Wildman–Crippen MR) is 69.9 cm³/mol. The zero-order chi connectivity index (χ0) is 13.7. The molecule has 2 heterocycles. The highest BCUT2D eigenvalue weighted by molar-refractivity contribution is 5.94. The Labute approximate surface area is 112 Å². The number of hydrogen-bond donors (Lipinski definition) is 2. The molecule has 0 aromatic carbocycles. The van der Waals surface area contributed by atoms with Crippen LogP contribution in [0.25, 0.3) is 0 Å². The van der Waals surface area contributed by atoms with E-state index in [1.165, 1.54) is 7.11 Å². The van der Waals surface area contributed by atoms with Crippen LogP contribution in [0.5, 0.6) is 0 Å². The highest BCUT2D eigenvalue weighted by atomic mass is 16.5. The molecule has 0 unspecified atom stereocenters. The Morgan fingerprint density at radius 3 is 2.89 bits per heavy atom. The number of carbonyl (C=O) groups is 2. The molecule has 0 bridgehead atoms. The van der Waals surface area contributed by atoms with Crippen LogP contribution in [0.3, 0.4) is 0 Å². The standard InChI is InChI=1S/C13H19N3O3/c1-19-12(17)9-15-13(18)11-3-2-8-16(11)10-4-6-14-7-5-10/h2-3,8,10,14H,4-7,9H2,1H3,(H,15,18). The van der Waals surface area contributed by atoms with Gasteiger partial charge in [-0.2, -0.15) is 0 Å². The van der Waals surface area contributed by atoms with Crippen molar-refractivity contribution in [2.45, 2.75) is 18.9 Å². The van der Waals surface area contributed by atoms with Crippen LogP contribution in [0.1, 0.15) is 29.4 Å². The molecule has 1 aliphatic heterocycles. The summed E-state index contributed by atoms with van der Waals surface area (Å²) in [6.45, 7) is 1.82. The predicted octanol–water partition coefficient (Wildman–Crippen LogP) is 0.315. The molecule has 104 valence electrons. The summed E-state index contributed by atoms with van der Waals surface area (Å²) in [5.41, 5.74) is 0.593. The number of methoxy groups -OCH3 is 1. The molecular weight excluding hydrogens is 246 g/mol. The normalized spacial score (nSPS) is 16.1. The fourth-order valence-electron chi connectivity index (χ4n) is 2.30. The molecule has 6 heteroatoms. The lowest BCUT2D eigenvalue weighted by Gasteiger charge is -2.25. The summed E-state index contributed by atoms with van der Waals surface area (Å²) < 4.78 is 6.49. The summed E-state index contributed by atoms with van der Waals surface area (Å²) >= 11 is 0. The van der Waals surface area contributed by atoms with Gasteiger partial charge < -0.3 is 19.9 Å². The van der Waals surface area contributed by atoms with Crippen LogP contribution in [0.2, 0.25) is 0 Å². The van der Waals surface area contributed by atoms with Crippen LogP contribution >= 0.6 is 0 Å². The number of carbonyl (C=O) groups excluding carboxylic acids is 2. The Morgan fingerprint density at radius 1 is 1.47 bits per heavy atom. The van der Waals surface area contributed by atoms with E-state index in [1.54, 1.807) is 6.07 Å². The minimum absolute atomic E-state index is 0.104. The largest absolute Gasteiger partial charge is 0.468 e. The smallest absolute Gasteiger partial charge is 0.325 e. The van der Waals surface area contributed by atoms with Crippen molar-refractivity contribution < 1.29 is 14.3 Å². The first kappa shape index (κ1) is 13.6. The van der Waals surface area contributed by atoms with Crippen molar-refractivity contribution in [2.24, 2.45) is 0 Å². The maximum atomic E-state index is 12.0. The highest BCUT2D eigenvalue weighted by Crippen LogP contribution is 2.21. The fourth-order valence-corrected chi connectivity index (χ4v) is 2.30. The molecule has 1 aromatic heterocycles. The van der Waals surface area contributed by atoms with Crippen molar-refractivity contribution in [1.82, 2.24) is 15.2 Å². The van der Waals surface area contributed by atoms with E-state index in [2.05, 4.69) is 15.4 Å². The second-order valence-electron chi connectivity index (χ2n) is 4.54. The Balaban J connectivity index is 2.01. The van der Waals surface area contributed by atoms with Crippen LogP contribution in [-0.4, -0.2) is 43.2 Å². The monoisotopic (exact) mass is 265 g/mol. The van der Waals surface area contributed by atoms with Gasteiger partial charge >= 0.3 is 5.97 Å². The zero-order valence-electron chi connectivity index (χ0n) is 11.0. The quantitative estimate of drug-likeness (QED) is 0.769. The number of piperidine rings is 1. The van der Waals surface area contributed by atoms with Gasteiger partial charge in [0, 0.05) is 12.2 Å². The number of aromatic nitrogens is 1. The van der Waals surface area contributed by atoms with Gasteiger partial charge in [-0.15, -0.1) is 0 Å². The number of nitrogens with zero attached hydrogens (tertiary/aromatic N) is 1. The van der Waals surface area contributed by atoms with E-state index in [4.69, 9.17) is 0 Å². The average Bonchev–Trinajstić information content (AvgIpc) is 2.94. The molecule has 0 radical (unpaired) electrons. The van der Waals surface area contributed by atoms with Gasteiger partial charge in [0.25, 0.3) is 5.91 Å². The van der Waals surface area contributed by atoms with Gasteiger partial charge in [-0.3, -0.25) is 9.59 Å². The van der Waals surface area contributed by atoms with Crippen molar-refractivity contribution in [3.05, 3.63) is 24.0 Å². The topological polar surface area (TPSA) is 72.4 Å². The second-order valence-corrected chi connectivity index (χ2v) is 4.54. The third kappa shape index (κ3) is 3.35. The van der Waals surface area contributed by atoms with Gasteiger partial charge in [-0.05, 0) is 38.1 Å². The third-order valence-corrected chi connectivity index (χ3v) is 3.33. The van der Waals surface area contributed by atoms with E-state index >= 15 is 0 Å². The first-order valence-corrected chi connectivity index (χ1v) is 6.45. The number of nitrogens with one attached hydrogen (secondary N) is 2. The first-order chi connectivity index (χ1) is 9.22. The summed E-state index contributed by atoms with van der Waals surface area (Å²) in [5.74, 6) is -0.692. The van der Waals surface area contributed by atoms with E-state index in [0.717, 1.165) is 25.9 Å². The molecule has 0 spiro atoms. The summed E-state index contributed by atoms with van der Waals surface area (Å²) in [6, 6.07) is 3.97. The van der Waals surface area contributed by atoms with E-state index in [1.807, 2.05) is 16.8 Å². The molecule has 0 saturated carbocycles. The van der Waals surface area contributed by atoms with Crippen LogP contribution in [0, 0.1) is 0 Å². The number of esters is 1. The maximum absolute atomic E-state index is 12.0. The first-order valence-electron chi connectivity index (χ1n) is 6.45. The lowest BCUT2D eigenvalue weighted by molar-refractivity contribution is -0.139. The van der Waals surface area contributed by atoms with Crippen molar-refractivity contribution in [1.29, 1.82) is 0 Å². The minimum atomic E-state index is -0.451. The van der Waals surface area contributed by atoms with Crippen molar-refractivity contribution in [2.75, 3.05) is 26.7 Å². The van der Waals surface area contributed by atoms with Crippen molar-refractivity contribution >= 4 is 11.9 Å². The van der Waals surface area contributed by atoms with Gasteiger partial charge in [0.1, 0.15) is 12.2 Å². The lowest BCUT2D eigenvalue weighted by atomic mass is 10.1. The number of hydrogen-bond acceptors (Lipinski definition) is 4. The third-order valence-electron chi connectivity index (χ3n) is 3.33. The van der Waals surface area contributed by atoms with Gasteiger partial charge in [0.15, 0.2) is 0 Å². The fraction of sp³-hybridized carbons (Fsp3) is 0.538. The molecule has 1 saturated heterocycles. The second kappa shape index (κ2) is 6.38. The number of amides is 1. The molecule has 1 amide bonds. The molecule has 1 aliphatic rings. The molecular formula is C13H19N3O3. The minimum Gasteiger partial charge on any atom is -0.468 e. The van der Waals surface area contributed by atoms with E-state index in [9.17, 15) is 9.59 Å². The van der Waals surface area contributed by atoms with Crippen LogP contribution < -0.4 is 10.6 Å². The Hall–Kier alpha value is -1.82. The SMILES string of the molecule is COC(=O)CNC(=O)c1cccn1C1CCNCC1. The van der Waals surface area contributed by atoms with Gasteiger partial charge in [-0.25, -0.2) is 0 Å². The summed E-state index contributed by atoms with van der Waals surface area (Å²) in [6.07, 6.45) is 3.93. The zero-order valence-corrected chi connectivity index (χ0v) is 11.0. The molecule has 6 nitrogen and oxygen atoms in total. The van der Waals surface area contributed by atoms with Crippen LogP contribution in [-0.2, 0) is 9.53 Å². The van der Waals surface area contributed by atoms with E-state index in [-0.39, 0.29) is 12.5 Å². The maximum Gasteiger partial charge on any atom is 0.325 e.